The third-order valence-electron chi connectivity index (χ3n) is 3.70. The zero-order valence-corrected chi connectivity index (χ0v) is 9.71. The van der Waals surface area contributed by atoms with Gasteiger partial charge < -0.3 is 14.4 Å². The molecule has 0 bridgehead atoms. The van der Waals surface area contributed by atoms with Gasteiger partial charge in [0.05, 0.1) is 19.1 Å². The van der Waals surface area contributed by atoms with Crippen LogP contribution in [0.1, 0.15) is 16.7 Å². The molecule has 0 spiro atoms. The first kappa shape index (κ1) is 9.91. The first-order chi connectivity index (χ1) is 8.82. The molecule has 2 aliphatic heterocycles. The van der Waals surface area contributed by atoms with Crippen LogP contribution >= 0.6 is 0 Å². The smallest absolute Gasteiger partial charge is 0.196 e. The first-order valence-electron chi connectivity index (χ1n) is 5.99. The normalized spacial score (nSPS) is 24.9. The highest BCUT2D eigenvalue weighted by Gasteiger charge is 2.50. The maximum Gasteiger partial charge on any atom is 0.196 e. The number of hydrogen-bond acceptors (Lipinski definition) is 4. The lowest BCUT2D eigenvalue weighted by Crippen LogP contribution is -2.43. The van der Waals surface area contributed by atoms with Gasteiger partial charge in [-0.25, -0.2) is 0 Å². The molecule has 18 heavy (non-hydrogen) atoms. The van der Waals surface area contributed by atoms with E-state index in [4.69, 9.17) is 4.42 Å². The third-order valence-corrected chi connectivity index (χ3v) is 3.70. The van der Waals surface area contributed by atoms with Crippen molar-refractivity contribution < 1.29 is 9.52 Å². The number of furan rings is 1. The van der Waals surface area contributed by atoms with Crippen LogP contribution in [0.5, 0.6) is 0 Å². The maximum atomic E-state index is 11.2. The summed E-state index contributed by atoms with van der Waals surface area (Å²) in [4.78, 5) is 6.44. The largest absolute Gasteiger partial charge is 0.472 e. The summed E-state index contributed by atoms with van der Waals surface area (Å²) in [6.45, 7) is 1.45. The summed E-state index contributed by atoms with van der Waals surface area (Å²) < 4.78 is 5.13. The fourth-order valence-electron chi connectivity index (χ4n) is 2.89. The van der Waals surface area contributed by atoms with Crippen molar-refractivity contribution in [2.75, 3.05) is 13.1 Å². The molecule has 1 aromatic carbocycles. The molecule has 2 aliphatic rings. The second-order valence-corrected chi connectivity index (χ2v) is 4.59. The monoisotopic (exact) mass is 240 g/mol. The molecule has 0 fully saturated rings. The molecule has 1 N–H and O–H groups in total. The molecule has 0 amide bonds. The van der Waals surface area contributed by atoms with Gasteiger partial charge in [0.15, 0.2) is 5.72 Å². The first-order valence-corrected chi connectivity index (χ1v) is 5.99. The number of hydrogen-bond donors (Lipinski definition) is 1. The highest BCUT2D eigenvalue weighted by Crippen LogP contribution is 2.43. The summed E-state index contributed by atoms with van der Waals surface area (Å²) >= 11 is 0. The van der Waals surface area contributed by atoms with Crippen LogP contribution in [0.3, 0.4) is 0 Å². The van der Waals surface area contributed by atoms with Gasteiger partial charge in [0.25, 0.3) is 0 Å². The Morgan fingerprint density at radius 2 is 2.17 bits per heavy atom. The van der Waals surface area contributed by atoms with Gasteiger partial charge in [-0.15, -0.1) is 0 Å². The SMILES string of the molecule is OC1(c2ccoc2)c2ccccc2C2=NCCN21. The molecular weight excluding hydrogens is 228 g/mol. The molecule has 0 aliphatic carbocycles. The van der Waals surface area contributed by atoms with Crippen molar-refractivity contribution in [3.05, 3.63) is 59.5 Å². The van der Waals surface area contributed by atoms with Crippen LogP contribution in [0.4, 0.5) is 0 Å². The van der Waals surface area contributed by atoms with Crippen LogP contribution < -0.4 is 0 Å². The molecule has 0 saturated heterocycles. The molecule has 0 radical (unpaired) electrons. The Morgan fingerprint density at radius 3 is 3.00 bits per heavy atom. The summed E-state index contributed by atoms with van der Waals surface area (Å²) in [6.07, 6.45) is 3.18. The van der Waals surface area contributed by atoms with Crippen molar-refractivity contribution in [3.8, 4) is 0 Å². The second kappa shape index (κ2) is 3.23. The summed E-state index contributed by atoms with van der Waals surface area (Å²) in [6, 6.07) is 9.66. The van der Waals surface area contributed by atoms with Crippen LogP contribution in [-0.4, -0.2) is 28.9 Å². The van der Waals surface area contributed by atoms with Crippen LogP contribution in [-0.2, 0) is 5.72 Å². The molecule has 90 valence electrons. The van der Waals surface area contributed by atoms with Crippen LogP contribution in [0.25, 0.3) is 0 Å². The number of rotatable bonds is 1. The van der Waals surface area contributed by atoms with E-state index < -0.39 is 5.72 Å². The minimum atomic E-state index is -1.14. The predicted octanol–water partition coefficient (Wildman–Crippen LogP) is 1.55. The summed E-state index contributed by atoms with van der Waals surface area (Å²) in [5.74, 6) is 0.884. The Morgan fingerprint density at radius 1 is 1.28 bits per heavy atom. The fourth-order valence-corrected chi connectivity index (χ4v) is 2.89. The van der Waals surface area contributed by atoms with E-state index in [-0.39, 0.29) is 0 Å². The van der Waals surface area contributed by atoms with Gasteiger partial charge in [-0.1, -0.05) is 24.3 Å². The highest BCUT2D eigenvalue weighted by molar-refractivity contribution is 6.05. The molecule has 4 nitrogen and oxygen atoms in total. The Bertz CT molecular complexity index is 633. The zero-order valence-electron chi connectivity index (χ0n) is 9.71. The van der Waals surface area contributed by atoms with Gasteiger partial charge >= 0.3 is 0 Å². The highest BCUT2D eigenvalue weighted by atomic mass is 16.3. The number of nitrogens with zero attached hydrogens (tertiary/aromatic N) is 2. The van der Waals surface area contributed by atoms with Crippen LogP contribution in [0.15, 0.2) is 52.3 Å². The minimum absolute atomic E-state index is 0.726. The van der Waals surface area contributed by atoms with E-state index in [1.165, 1.54) is 0 Å². The van der Waals surface area contributed by atoms with Crippen molar-refractivity contribution >= 4 is 5.84 Å². The van der Waals surface area contributed by atoms with E-state index in [9.17, 15) is 5.11 Å². The maximum absolute atomic E-state index is 11.2. The number of fused-ring (bicyclic) bond motifs is 3. The predicted molar refractivity (Wildman–Crippen MR) is 66.3 cm³/mol. The van der Waals surface area contributed by atoms with Gasteiger partial charge in [-0.05, 0) is 6.07 Å². The fraction of sp³-hybridized carbons (Fsp3) is 0.214. The lowest BCUT2D eigenvalue weighted by molar-refractivity contribution is -0.0246. The van der Waals surface area contributed by atoms with Crippen molar-refractivity contribution in [2.45, 2.75) is 5.72 Å². The van der Waals surface area contributed by atoms with Crippen LogP contribution in [0.2, 0.25) is 0 Å². The minimum Gasteiger partial charge on any atom is -0.472 e. The molecule has 1 atom stereocenters. The Labute approximate surface area is 104 Å². The van der Waals surface area contributed by atoms with Gasteiger partial charge in [0.1, 0.15) is 5.84 Å². The molecule has 2 aromatic rings. The molecule has 4 heteroatoms. The van der Waals surface area contributed by atoms with Gasteiger partial charge in [-0.3, -0.25) is 4.99 Å². The van der Waals surface area contributed by atoms with Gasteiger partial charge in [-0.2, -0.15) is 0 Å². The zero-order chi connectivity index (χ0) is 12.2. The lowest BCUT2D eigenvalue weighted by atomic mass is 9.96. The number of amidine groups is 1. The van der Waals surface area contributed by atoms with Crippen molar-refractivity contribution in [1.29, 1.82) is 0 Å². The Kier molecular flexibility index (Phi) is 1.78. The quantitative estimate of drug-likeness (QED) is 0.822. The van der Waals surface area contributed by atoms with Crippen molar-refractivity contribution in [1.82, 2.24) is 4.90 Å². The van der Waals surface area contributed by atoms with Gasteiger partial charge in [0.2, 0.25) is 0 Å². The molecule has 0 saturated carbocycles. The molecule has 3 heterocycles. The third kappa shape index (κ3) is 1.01. The molecule has 1 unspecified atom stereocenters. The van der Waals surface area contributed by atoms with E-state index in [0.717, 1.165) is 35.6 Å². The average Bonchev–Trinajstić information content (AvgIpc) is 3.10. The Hall–Kier alpha value is -2.07. The summed E-state index contributed by atoms with van der Waals surface area (Å²) in [5.41, 5.74) is 1.50. The van der Waals surface area contributed by atoms with E-state index in [0.29, 0.717) is 0 Å². The number of aliphatic imine (C=N–C) groups is 1. The number of aliphatic hydroxyl groups is 1. The van der Waals surface area contributed by atoms with Gasteiger partial charge in [0, 0.05) is 23.2 Å². The summed E-state index contributed by atoms with van der Waals surface area (Å²) in [5, 5.41) is 11.2. The standard InChI is InChI=1S/C14H12N2O2/c17-14(10-5-8-18-9-10)12-4-2-1-3-11(12)13-15-6-7-16(13)14/h1-5,8-9,17H,6-7H2. The Balaban J connectivity index is 2.02. The molecule has 1 aromatic heterocycles. The van der Waals surface area contributed by atoms with Crippen molar-refractivity contribution in [2.24, 2.45) is 4.99 Å². The van der Waals surface area contributed by atoms with E-state index >= 15 is 0 Å². The lowest BCUT2D eigenvalue weighted by Gasteiger charge is -2.32. The second-order valence-electron chi connectivity index (χ2n) is 4.59. The molecular formula is C14H12N2O2. The number of benzene rings is 1. The van der Waals surface area contributed by atoms with Crippen molar-refractivity contribution in [3.63, 3.8) is 0 Å². The van der Waals surface area contributed by atoms with E-state index in [1.807, 2.05) is 29.2 Å². The van der Waals surface area contributed by atoms with E-state index in [2.05, 4.69) is 4.99 Å². The van der Waals surface area contributed by atoms with Crippen LogP contribution in [0, 0.1) is 0 Å². The molecule has 4 rings (SSSR count). The van der Waals surface area contributed by atoms with E-state index in [1.54, 1.807) is 18.6 Å². The topological polar surface area (TPSA) is 49.0 Å². The summed E-state index contributed by atoms with van der Waals surface area (Å²) in [7, 11) is 0. The average molecular weight is 240 g/mol.